The number of esters is 1. The highest BCUT2D eigenvalue weighted by atomic mass is 32.1. The van der Waals surface area contributed by atoms with Gasteiger partial charge in [-0.25, -0.2) is 0 Å². The Morgan fingerprint density at radius 1 is 1.82 bits per heavy atom. The summed E-state index contributed by atoms with van der Waals surface area (Å²) in [6, 6.07) is 1.73. The SMILES string of the molecule is CNC(=S)C(C#N)C(=O)OC. The standard InChI is InChI=1S/C6H8N2O2S/c1-8-5(11)4(3-7)6(9)10-2/h4H,1-2H3,(H,8,11). The molecule has 0 spiro atoms. The predicted octanol–water partition coefficient (Wildman–Crippen LogP) is -0.154. The molecule has 0 aromatic heterocycles. The number of hydrogen-bond acceptors (Lipinski definition) is 4. The van der Waals surface area contributed by atoms with Crippen LogP contribution in [0.3, 0.4) is 0 Å². The van der Waals surface area contributed by atoms with Crippen molar-refractivity contribution in [3.63, 3.8) is 0 Å². The van der Waals surface area contributed by atoms with Gasteiger partial charge in [0.2, 0.25) is 0 Å². The predicted molar refractivity (Wildman–Crippen MR) is 42.8 cm³/mol. The fraction of sp³-hybridized carbons (Fsp3) is 0.500. The van der Waals surface area contributed by atoms with Gasteiger partial charge in [0.15, 0.2) is 5.92 Å². The molecule has 0 saturated heterocycles. The van der Waals surface area contributed by atoms with Crippen molar-refractivity contribution in [2.24, 2.45) is 5.92 Å². The lowest BCUT2D eigenvalue weighted by Gasteiger charge is -2.06. The summed E-state index contributed by atoms with van der Waals surface area (Å²) >= 11 is 4.68. The molecule has 1 N–H and O–H groups in total. The molecule has 0 bridgehead atoms. The van der Waals surface area contributed by atoms with Gasteiger partial charge in [0.25, 0.3) is 0 Å². The van der Waals surface area contributed by atoms with Gasteiger partial charge in [-0.15, -0.1) is 0 Å². The van der Waals surface area contributed by atoms with E-state index in [-0.39, 0.29) is 4.99 Å². The minimum atomic E-state index is -0.986. The van der Waals surface area contributed by atoms with Gasteiger partial charge in [-0.05, 0) is 0 Å². The lowest BCUT2D eigenvalue weighted by atomic mass is 10.2. The summed E-state index contributed by atoms with van der Waals surface area (Å²) in [5.74, 6) is -1.62. The van der Waals surface area contributed by atoms with Gasteiger partial charge in [-0.1, -0.05) is 12.2 Å². The average Bonchev–Trinajstić information content (AvgIpc) is 2.05. The van der Waals surface area contributed by atoms with E-state index in [0.717, 1.165) is 0 Å². The number of nitriles is 1. The first-order valence-electron chi connectivity index (χ1n) is 2.86. The first-order chi connectivity index (χ1) is 5.17. The molecular formula is C6H8N2O2S. The van der Waals surface area contributed by atoms with E-state index in [2.05, 4.69) is 22.3 Å². The number of ether oxygens (including phenoxy) is 1. The van der Waals surface area contributed by atoms with E-state index in [1.165, 1.54) is 7.11 Å². The zero-order chi connectivity index (χ0) is 8.85. The van der Waals surface area contributed by atoms with E-state index >= 15 is 0 Å². The van der Waals surface area contributed by atoms with Gasteiger partial charge in [0.05, 0.1) is 13.2 Å². The van der Waals surface area contributed by atoms with Crippen LogP contribution in [0.15, 0.2) is 0 Å². The lowest BCUT2D eigenvalue weighted by molar-refractivity contribution is -0.141. The average molecular weight is 172 g/mol. The van der Waals surface area contributed by atoms with Crippen molar-refractivity contribution in [3.8, 4) is 6.07 Å². The molecule has 0 amide bonds. The highest BCUT2D eigenvalue weighted by Crippen LogP contribution is 1.98. The molecule has 0 rings (SSSR count). The number of carbonyl (C=O) groups is 1. The Labute approximate surface area is 70.1 Å². The second-order valence-electron chi connectivity index (χ2n) is 1.70. The van der Waals surface area contributed by atoms with Gasteiger partial charge in [0, 0.05) is 7.05 Å². The monoisotopic (exact) mass is 172 g/mol. The third-order valence-corrected chi connectivity index (χ3v) is 1.51. The summed E-state index contributed by atoms with van der Waals surface area (Å²) < 4.78 is 4.34. The molecule has 1 atom stereocenters. The van der Waals surface area contributed by atoms with E-state index in [0.29, 0.717) is 0 Å². The van der Waals surface area contributed by atoms with Crippen molar-refractivity contribution in [2.75, 3.05) is 14.2 Å². The van der Waals surface area contributed by atoms with Crippen LogP contribution in [-0.2, 0) is 9.53 Å². The van der Waals surface area contributed by atoms with E-state index < -0.39 is 11.9 Å². The first-order valence-corrected chi connectivity index (χ1v) is 3.27. The molecule has 0 aliphatic heterocycles. The van der Waals surface area contributed by atoms with Crippen molar-refractivity contribution in [3.05, 3.63) is 0 Å². The Morgan fingerprint density at radius 2 is 2.36 bits per heavy atom. The van der Waals surface area contributed by atoms with E-state index in [1.54, 1.807) is 13.1 Å². The van der Waals surface area contributed by atoms with Crippen LogP contribution >= 0.6 is 12.2 Å². The van der Waals surface area contributed by atoms with Crippen LogP contribution in [0.5, 0.6) is 0 Å². The van der Waals surface area contributed by atoms with E-state index in [9.17, 15) is 4.79 Å². The molecule has 4 nitrogen and oxygen atoms in total. The number of hydrogen-bond donors (Lipinski definition) is 1. The maximum absolute atomic E-state index is 10.8. The smallest absolute Gasteiger partial charge is 0.330 e. The van der Waals surface area contributed by atoms with Crippen LogP contribution in [0.1, 0.15) is 0 Å². The third-order valence-electron chi connectivity index (χ3n) is 1.07. The topological polar surface area (TPSA) is 62.1 Å². The van der Waals surface area contributed by atoms with Crippen molar-refractivity contribution in [1.82, 2.24) is 5.32 Å². The molecule has 0 saturated carbocycles. The summed E-state index contributed by atoms with van der Waals surface area (Å²) in [5.41, 5.74) is 0. The Balaban J connectivity index is 4.31. The van der Waals surface area contributed by atoms with Crippen LogP contribution in [0.2, 0.25) is 0 Å². The Morgan fingerprint density at radius 3 is 2.64 bits per heavy atom. The number of nitrogens with one attached hydrogen (secondary N) is 1. The number of carbonyl (C=O) groups excluding carboxylic acids is 1. The first kappa shape index (κ1) is 9.85. The zero-order valence-electron chi connectivity index (χ0n) is 6.25. The van der Waals surface area contributed by atoms with Crippen molar-refractivity contribution >= 4 is 23.2 Å². The quantitative estimate of drug-likeness (QED) is 0.463. The summed E-state index contributed by atoms with van der Waals surface area (Å²) in [6.07, 6.45) is 0. The third kappa shape index (κ3) is 2.51. The second-order valence-corrected chi connectivity index (χ2v) is 2.14. The number of thiocarbonyl (C=S) groups is 1. The fourth-order valence-corrected chi connectivity index (χ4v) is 0.629. The fourth-order valence-electron chi connectivity index (χ4n) is 0.481. The zero-order valence-corrected chi connectivity index (χ0v) is 7.07. The van der Waals surface area contributed by atoms with Crippen LogP contribution < -0.4 is 5.32 Å². The minimum absolute atomic E-state index is 0.180. The Bertz CT molecular complexity index is 193. The molecular weight excluding hydrogens is 164 g/mol. The van der Waals surface area contributed by atoms with Crippen LogP contribution in [0.25, 0.3) is 0 Å². The molecule has 5 heteroatoms. The van der Waals surface area contributed by atoms with Crippen molar-refractivity contribution in [2.45, 2.75) is 0 Å². The van der Waals surface area contributed by atoms with Gasteiger partial charge < -0.3 is 10.1 Å². The highest BCUT2D eigenvalue weighted by molar-refractivity contribution is 7.80. The van der Waals surface area contributed by atoms with Crippen molar-refractivity contribution < 1.29 is 9.53 Å². The summed E-state index contributed by atoms with van der Waals surface area (Å²) in [7, 11) is 2.76. The Hall–Kier alpha value is -1.15. The Kier molecular flexibility index (Phi) is 4.15. The molecule has 1 unspecified atom stereocenters. The maximum atomic E-state index is 10.8. The highest BCUT2D eigenvalue weighted by Gasteiger charge is 2.22. The number of methoxy groups -OCH3 is 1. The molecule has 11 heavy (non-hydrogen) atoms. The summed E-state index contributed by atoms with van der Waals surface area (Å²) in [6.45, 7) is 0. The lowest BCUT2D eigenvalue weighted by Crippen LogP contribution is -2.31. The number of rotatable bonds is 2. The molecule has 0 aliphatic carbocycles. The summed E-state index contributed by atoms with van der Waals surface area (Å²) in [4.78, 5) is 11.0. The number of nitrogens with zero attached hydrogens (tertiary/aromatic N) is 1. The molecule has 60 valence electrons. The van der Waals surface area contributed by atoms with Gasteiger partial charge in [0.1, 0.15) is 4.99 Å². The minimum Gasteiger partial charge on any atom is -0.468 e. The molecule has 0 aromatic rings. The van der Waals surface area contributed by atoms with Crippen molar-refractivity contribution in [1.29, 1.82) is 5.26 Å². The summed E-state index contributed by atoms with van der Waals surface area (Å²) in [5, 5.41) is 11.0. The van der Waals surface area contributed by atoms with E-state index in [4.69, 9.17) is 5.26 Å². The van der Waals surface area contributed by atoms with Crippen LogP contribution in [0.4, 0.5) is 0 Å². The normalized spacial score (nSPS) is 11.0. The maximum Gasteiger partial charge on any atom is 0.330 e. The molecule has 0 heterocycles. The van der Waals surface area contributed by atoms with E-state index in [1.807, 2.05) is 0 Å². The van der Waals surface area contributed by atoms with Crippen LogP contribution in [-0.4, -0.2) is 25.1 Å². The molecule has 0 radical (unpaired) electrons. The molecule has 0 fully saturated rings. The molecule has 0 aromatic carbocycles. The van der Waals surface area contributed by atoms with Crippen LogP contribution in [0, 0.1) is 17.2 Å². The second kappa shape index (κ2) is 4.63. The van der Waals surface area contributed by atoms with Gasteiger partial charge >= 0.3 is 5.97 Å². The largest absolute Gasteiger partial charge is 0.468 e. The van der Waals surface area contributed by atoms with Gasteiger partial charge in [-0.3, -0.25) is 4.79 Å². The van der Waals surface area contributed by atoms with Gasteiger partial charge in [-0.2, -0.15) is 5.26 Å². The molecule has 0 aliphatic rings.